The lowest BCUT2D eigenvalue weighted by molar-refractivity contribution is -0.151. The zero-order valence-electron chi connectivity index (χ0n) is 12.6. The maximum Gasteiger partial charge on any atom is 0.207 e. The molecule has 1 aliphatic heterocycles. The second kappa shape index (κ2) is 6.07. The average molecular weight is 319 g/mol. The Kier molecular flexibility index (Phi) is 4.14. The Balaban J connectivity index is 1.89. The largest absolute Gasteiger partial charge is 0.459 e. The lowest BCUT2D eigenvalue weighted by Crippen LogP contribution is -2.32. The Morgan fingerprint density at radius 3 is 2.86 bits per heavy atom. The number of hydrogen-bond donors (Lipinski definition) is 1. The number of benzene rings is 1. The van der Waals surface area contributed by atoms with Gasteiger partial charge in [0.25, 0.3) is 0 Å². The number of halogens is 1. The molecule has 0 bridgehead atoms. The van der Waals surface area contributed by atoms with E-state index < -0.39 is 0 Å². The van der Waals surface area contributed by atoms with E-state index in [0.717, 1.165) is 23.5 Å². The molecule has 4 nitrogen and oxygen atoms in total. The molecule has 5 heteroatoms. The normalized spacial score (nSPS) is 19.8. The summed E-state index contributed by atoms with van der Waals surface area (Å²) in [5.74, 6) is 1.99. The van der Waals surface area contributed by atoms with E-state index >= 15 is 0 Å². The third-order valence-electron chi connectivity index (χ3n) is 3.86. The van der Waals surface area contributed by atoms with Gasteiger partial charge in [-0.05, 0) is 37.6 Å². The Morgan fingerprint density at radius 2 is 2.14 bits per heavy atom. The van der Waals surface area contributed by atoms with Crippen molar-refractivity contribution in [3.63, 3.8) is 0 Å². The molecule has 2 atom stereocenters. The molecule has 0 amide bonds. The first-order chi connectivity index (χ1) is 10.6. The van der Waals surface area contributed by atoms with Crippen LogP contribution in [0.15, 0.2) is 52.8 Å². The zero-order chi connectivity index (χ0) is 15.7. The van der Waals surface area contributed by atoms with Gasteiger partial charge in [0.2, 0.25) is 5.88 Å². The van der Waals surface area contributed by atoms with Crippen molar-refractivity contribution in [2.75, 3.05) is 0 Å². The molecule has 0 fully saturated rings. The van der Waals surface area contributed by atoms with Crippen molar-refractivity contribution in [1.29, 1.82) is 0 Å². The van der Waals surface area contributed by atoms with Crippen LogP contribution >= 0.6 is 11.6 Å². The fourth-order valence-electron chi connectivity index (χ4n) is 2.50. The van der Waals surface area contributed by atoms with Gasteiger partial charge >= 0.3 is 0 Å². The Bertz CT molecular complexity index is 695. The SMILES string of the molecule is CCC(C)N1OC(N)=CC1c1ccc(-c2cccc(Cl)c2)o1. The second-order valence-corrected chi connectivity index (χ2v) is 5.87. The van der Waals surface area contributed by atoms with Crippen molar-refractivity contribution in [2.45, 2.75) is 32.4 Å². The summed E-state index contributed by atoms with van der Waals surface area (Å²) in [4.78, 5) is 5.61. The summed E-state index contributed by atoms with van der Waals surface area (Å²) in [6, 6.07) is 11.6. The van der Waals surface area contributed by atoms with Gasteiger partial charge in [0, 0.05) is 22.7 Å². The summed E-state index contributed by atoms with van der Waals surface area (Å²) in [6.07, 6.45) is 2.83. The van der Waals surface area contributed by atoms with Crippen LogP contribution < -0.4 is 5.73 Å². The van der Waals surface area contributed by atoms with Crippen LogP contribution in [0.4, 0.5) is 0 Å². The molecule has 116 valence electrons. The first kappa shape index (κ1) is 15.0. The zero-order valence-corrected chi connectivity index (χ0v) is 13.4. The lowest BCUT2D eigenvalue weighted by Gasteiger charge is -2.26. The minimum absolute atomic E-state index is 0.108. The van der Waals surface area contributed by atoms with Gasteiger partial charge in [-0.2, -0.15) is 0 Å². The molecule has 0 spiro atoms. The van der Waals surface area contributed by atoms with Crippen LogP contribution in [-0.2, 0) is 4.84 Å². The Morgan fingerprint density at radius 1 is 1.32 bits per heavy atom. The van der Waals surface area contributed by atoms with Gasteiger partial charge in [-0.25, -0.2) is 0 Å². The number of furan rings is 1. The van der Waals surface area contributed by atoms with E-state index in [1.807, 2.05) is 47.5 Å². The number of nitrogens with zero attached hydrogens (tertiary/aromatic N) is 1. The fourth-order valence-corrected chi connectivity index (χ4v) is 2.69. The Labute approximate surface area is 135 Å². The highest BCUT2D eigenvalue weighted by Crippen LogP contribution is 2.35. The molecule has 2 unspecified atom stereocenters. The first-order valence-corrected chi connectivity index (χ1v) is 7.75. The topological polar surface area (TPSA) is 51.6 Å². The van der Waals surface area contributed by atoms with Crippen molar-refractivity contribution in [3.8, 4) is 11.3 Å². The van der Waals surface area contributed by atoms with Crippen LogP contribution in [0.25, 0.3) is 11.3 Å². The van der Waals surface area contributed by atoms with Crippen LogP contribution in [0, 0.1) is 0 Å². The van der Waals surface area contributed by atoms with Gasteiger partial charge in [0.05, 0.1) is 0 Å². The van der Waals surface area contributed by atoms with E-state index in [1.54, 1.807) is 0 Å². The molecule has 2 aromatic rings. The van der Waals surface area contributed by atoms with Gasteiger partial charge in [0.15, 0.2) is 0 Å². The summed E-state index contributed by atoms with van der Waals surface area (Å²) in [5, 5.41) is 2.56. The van der Waals surface area contributed by atoms with E-state index in [0.29, 0.717) is 10.9 Å². The molecule has 2 N–H and O–H groups in total. The third-order valence-corrected chi connectivity index (χ3v) is 4.09. The number of rotatable bonds is 4. The van der Waals surface area contributed by atoms with E-state index in [4.69, 9.17) is 26.6 Å². The van der Waals surface area contributed by atoms with Crippen molar-refractivity contribution in [2.24, 2.45) is 5.73 Å². The number of hydrogen-bond acceptors (Lipinski definition) is 4. The maximum absolute atomic E-state index is 6.04. The smallest absolute Gasteiger partial charge is 0.207 e. The van der Waals surface area contributed by atoms with Gasteiger partial charge in [-0.3, -0.25) is 0 Å². The molecule has 0 radical (unpaired) electrons. The minimum Gasteiger partial charge on any atom is -0.459 e. The molecule has 3 rings (SSSR count). The fraction of sp³-hybridized carbons (Fsp3) is 0.294. The molecular formula is C17H19ClN2O2. The molecule has 0 aliphatic carbocycles. The highest BCUT2D eigenvalue weighted by atomic mass is 35.5. The van der Waals surface area contributed by atoms with Crippen molar-refractivity contribution < 1.29 is 9.25 Å². The van der Waals surface area contributed by atoms with Gasteiger partial charge < -0.3 is 15.0 Å². The van der Waals surface area contributed by atoms with Crippen LogP contribution in [-0.4, -0.2) is 11.1 Å². The van der Waals surface area contributed by atoms with E-state index in [2.05, 4.69) is 13.8 Å². The van der Waals surface area contributed by atoms with Crippen LogP contribution in [0.2, 0.25) is 5.02 Å². The van der Waals surface area contributed by atoms with Gasteiger partial charge in [-0.15, -0.1) is 5.06 Å². The summed E-state index contributed by atoms with van der Waals surface area (Å²) >= 11 is 6.04. The molecule has 1 aromatic heterocycles. The van der Waals surface area contributed by atoms with Crippen LogP contribution in [0.1, 0.15) is 32.1 Å². The average Bonchev–Trinajstić information content (AvgIpc) is 3.13. The van der Waals surface area contributed by atoms with Crippen molar-refractivity contribution in [3.05, 3.63) is 59.1 Å². The monoisotopic (exact) mass is 318 g/mol. The molecule has 2 heterocycles. The summed E-state index contributed by atoms with van der Waals surface area (Å²) < 4.78 is 6.00. The first-order valence-electron chi connectivity index (χ1n) is 7.37. The molecule has 22 heavy (non-hydrogen) atoms. The number of hydroxylamine groups is 2. The van der Waals surface area contributed by atoms with Crippen molar-refractivity contribution >= 4 is 11.6 Å². The lowest BCUT2D eigenvalue weighted by atomic mass is 10.1. The molecule has 1 aliphatic rings. The van der Waals surface area contributed by atoms with Gasteiger partial charge in [-0.1, -0.05) is 30.7 Å². The minimum atomic E-state index is -0.108. The highest BCUT2D eigenvalue weighted by Gasteiger charge is 2.33. The predicted octanol–water partition coefficient (Wildman–Crippen LogP) is 4.49. The molecule has 0 saturated carbocycles. The van der Waals surface area contributed by atoms with E-state index in [1.165, 1.54) is 0 Å². The second-order valence-electron chi connectivity index (χ2n) is 5.43. The van der Waals surface area contributed by atoms with E-state index in [-0.39, 0.29) is 12.1 Å². The Hall–Kier alpha value is -1.91. The van der Waals surface area contributed by atoms with Crippen LogP contribution in [0.3, 0.4) is 0 Å². The third kappa shape index (κ3) is 2.85. The van der Waals surface area contributed by atoms with Gasteiger partial charge in [0.1, 0.15) is 17.6 Å². The predicted molar refractivity (Wildman–Crippen MR) is 86.8 cm³/mol. The highest BCUT2D eigenvalue weighted by molar-refractivity contribution is 6.30. The molecular weight excluding hydrogens is 300 g/mol. The van der Waals surface area contributed by atoms with Crippen molar-refractivity contribution in [1.82, 2.24) is 5.06 Å². The summed E-state index contributed by atoms with van der Waals surface area (Å²) in [7, 11) is 0. The van der Waals surface area contributed by atoms with Crippen LogP contribution in [0.5, 0.6) is 0 Å². The summed E-state index contributed by atoms with van der Waals surface area (Å²) in [5.41, 5.74) is 6.77. The molecule has 0 saturated heterocycles. The maximum atomic E-state index is 6.04. The number of nitrogens with two attached hydrogens (primary N) is 1. The van der Waals surface area contributed by atoms with E-state index in [9.17, 15) is 0 Å². The quantitative estimate of drug-likeness (QED) is 0.902. The summed E-state index contributed by atoms with van der Waals surface area (Å²) in [6.45, 7) is 4.21. The standard InChI is InChI=1S/C17H19ClN2O2/c1-3-11(2)20-14(10-17(19)22-20)16-8-7-15(21-16)12-5-4-6-13(18)9-12/h4-11,14H,3,19H2,1-2H3. The molecule has 1 aromatic carbocycles.